The molecule has 0 aliphatic carbocycles. The van der Waals surface area contributed by atoms with E-state index in [-0.39, 0.29) is 0 Å². The zero-order valence-electron chi connectivity index (χ0n) is 11.8. The maximum absolute atomic E-state index is 3.48. The summed E-state index contributed by atoms with van der Waals surface area (Å²) in [6, 6.07) is 8.91. The van der Waals surface area contributed by atoms with Crippen molar-refractivity contribution in [3.63, 3.8) is 0 Å². The molecule has 0 spiro atoms. The van der Waals surface area contributed by atoms with Gasteiger partial charge >= 0.3 is 0 Å². The van der Waals surface area contributed by atoms with Crippen LogP contribution in [-0.2, 0) is 12.8 Å². The van der Waals surface area contributed by atoms with Gasteiger partial charge < -0.3 is 0 Å². The Balaban J connectivity index is 2.07. The SMILES string of the molecule is CCc1ccccc1CCCCCCCCCBr. The van der Waals surface area contributed by atoms with Gasteiger partial charge in [-0.2, -0.15) is 0 Å². The highest BCUT2D eigenvalue weighted by atomic mass is 79.9. The van der Waals surface area contributed by atoms with Gasteiger partial charge in [0.25, 0.3) is 0 Å². The predicted octanol–water partition coefficient (Wildman–Crippen LogP) is 5.92. The van der Waals surface area contributed by atoms with E-state index in [4.69, 9.17) is 0 Å². The van der Waals surface area contributed by atoms with Crippen LogP contribution in [-0.4, -0.2) is 5.33 Å². The van der Waals surface area contributed by atoms with Crippen molar-refractivity contribution in [1.82, 2.24) is 0 Å². The number of alkyl halides is 1. The van der Waals surface area contributed by atoms with Crippen molar-refractivity contribution in [3.8, 4) is 0 Å². The van der Waals surface area contributed by atoms with Gasteiger partial charge in [0.15, 0.2) is 0 Å². The predicted molar refractivity (Wildman–Crippen MR) is 85.6 cm³/mol. The van der Waals surface area contributed by atoms with Gasteiger partial charge in [0.05, 0.1) is 0 Å². The second kappa shape index (κ2) is 10.6. The molecule has 1 aromatic carbocycles. The first-order chi connectivity index (χ1) is 8.88. The highest BCUT2D eigenvalue weighted by Gasteiger charge is 1.99. The lowest BCUT2D eigenvalue weighted by Crippen LogP contribution is -1.92. The molecule has 0 bridgehead atoms. The van der Waals surface area contributed by atoms with E-state index < -0.39 is 0 Å². The van der Waals surface area contributed by atoms with Crippen LogP contribution < -0.4 is 0 Å². The largest absolute Gasteiger partial charge is 0.0928 e. The van der Waals surface area contributed by atoms with E-state index in [0.29, 0.717) is 0 Å². The quantitative estimate of drug-likeness (QED) is 0.372. The molecule has 1 heteroatoms. The maximum Gasteiger partial charge on any atom is 0.00313 e. The summed E-state index contributed by atoms with van der Waals surface area (Å²) in [5.41, 5.74) is 3.11. The van der Waals surface area contributed by atoms with Crippen LogP contribution in [0.1, 0.15) is 63.0 Å². The van der Waals surface area contributed by atoms with E-state index in [1.54, 1.807) is 5.56 Å². The van der Waals surface area contributed by atoms with Crippen molar-refractivity contribution in [2.24, 2.45) is 0 Å². The summed E-state index contributed by atoms with van der Waals surface area (Å²) in [6.07, 6.45) is 12.2. The molecule has 0 amide bonds. The summed E-state index contributed by atoms with van der Waals surface area (Å²) < 4.78 is 0. The molecule has 18 heavy (non-hydrogen) atoms. The van der Waals surface area contributed by atoms with E-state index >= 15 is 0 Å². The molecule has 0 aromatic heterocycles. The standard InChI is InChI=1S/C17H27Br/c1-2-16-12-9-10-14-17(16)13-8-6-4-3-5-7-11-15-18/h9-10,12,14H,2-8,11,13,15H2,1H3. The molecule has 0 radical (unpaired) electrons. The Morgan fingerprint density at radius 3 is 1.94 bits per heavy atom. The van der Waals surface area contributed by atoms with Crippen LogP contribution in [0.4, 0.5) is 0 Å². The Labute approximate surface area is 121 Å². The summed E-state index contributed by atoms with van der Waals surface area (Å²) in [7, 11) is 0. The summed E-state index contributed by atoms with van der Waals surface area (Å²) in [4.78, 5) is 0. The van der Waals surface area contributed by atoms with E-state index in [1.165, 1.54) is 68.7 Å². The Morgan fingerprint density at radius 1 is 0.778 bits per heavy atom. The number of hydrogen-bond donors (Lipinski definition) is 0. The number of unbranched alkanes of at least 4 members (excludes halogenated alkanes) is 6. The second-order valence-electron chi connectivity index (χ2n) is 5.04. The van der Waals surface area contributed by atoms with Crippen molar-refractivity contribution < 1.29 is 0 Å². The Morgan fingerprint density at radius 2 is 1.33 bits per heavy atom. The van der Waals surface area contributed by atoms with Crippen molar-refractivity contribution >= 4 is 15.9 Å². The molecule has 1 aromatic rings. The van der Waals surface area contributed by atoms with Gasteiger partial charge in [-0.1, -0.05) is 79.2 Å². The van der Waals surface area contributed by atoms with Gasteiger partial charge in [0, 0.05) is 5.33 Å². The molecular formula is C17H27Br. The zero-order chi connectivity index (χ0) is 13.1. The van der Waals surface area contributed by atoms with Crippen LogP contribution in [0.5, 0.6) is 0 Å². The minimum Gasteiger partial charge on any atom is -0.0928 e. The van der Waals surface area contributed by atoms with Gasteiger partial charge in [-0.15, -0.1) is 0 Å². The van der Waals surface area contributed by atoms with Gasteiger partial charge in [0.1, 0.15) is 0 Å². The monoisotopic (exact) mass is 310 g/mol. The molecule has 0 nitrogen and oxygen atoms in total. The lowest BCUT2D eigenvalue weighted by Gasteiger charge is -2.07. The van der Waals surface area contributed by atoms with Crippen LogP contribution in [0.3, 0.4) is 0 Å². The van der Waals surface area contributed by atoms with Crippen molar-refractivity contribution in [2.45, 2.75) is 64.7 Å². The van der Waals surface area contributed by atoms with Crippen LogP contribution >= 0.6 is 15.9 Å². The number of halogens is 1. The van der Waals surface area contributed by atoms with Crippen LogP contribution in [0.25, 0.3) is 0 Å². The number of aryl methyl sites for hydroxylation is 2. The minimum atomic E-state index is 1.17. The minimum absolute atomic E-state index is 1.17. The van der Waals surface area contributed by atoms with Gasteiger partial charge in [-0.05, 0) is 36.8 Å². The molecule has 0 saturated carbocycles. The van der Waals surface area contributed by atoms with E-state index in [2.05, 4.69) is 47.1 Å². The Bertz CT molecular complexity index is 306. The number of rotatable bonds is 10. The molecule has 0 heterocycles. The van der Waals surface area contributed by atoms with E-state index in [1.807, 2.05) is 0 Å². The van der Waals surface area contributed by atoms with Gasteiger partial charge in [-0.3, -0.25) is 0 Å². The summed E-state index contributed by atoms with van der Waals surface area (Å²) in [5.74, 6) is 0. The van der Waals surface area contributed by atoms with Crippen LogP contribution in [0.2, 0.25) is 0 Å². The smallest absolute Gasteiger partial charge is 0.00313 e. The molecule has 0 atom stereocenters. The summed E-state index contributed by atoms with van der Waals surface area (Å²) >= 11 is 3.48. The average molecular weight is 311 g/mol. The maximum atomic E-state index is 3.48. The number of benzene rings is 1. The molecule has 102 valence electrons. The molecule has 0 N–H and O–H groups in total. The molecule has 1 rings (SSSR count). The van der Waals surface area contributed by atoms with Crippen LogP contribution in [0, 0.1) is 0 Å². The third kappa shape index (κ3) is 6.58. The van der Waals surface area contributed by atoms with Gasteiger partial charge in [-0.25, -0.2) is 0 Å². The van der Waals surface area contributed by atoms with Crippen molar-refractivity contribution in [1.29, 1.82) is 0 Å². The third-order valence-corrected chi connectivity index (χ3v) is 4.14. The Kier molecular flexibility index (Phi) is 9.28. The summed E-state index contributed by atoms with van der Waals surface area (Å²) in [5, 5.41) is 1.17. The first-order valence-electron chi connectivity index (χ1n) is 7.51. The normalized spacial score (nSPS) is 10.8. The molecule has 0 aliphatic rings. The molecule has 0 fully saturated rings. The van der Waals surface area contributed by atoms with Crippen molar-refractivity contribution in [2.75, 3.05) is 5.33 Å². The lowest BCUT2D eigenvalue weighted by atomic mass is 9.99. The lowest BCUT2D eigenvalue weighted by molar-refractivity contribution is 0.590. The highest BCUT2D eigenvalue weighted by molar-refractivity contribution is 9.09. The fourth-order valence-corrected chi connectivity index (χ4v) is 2.84. The molecule has 0 unspecified atom stereocenters. The van der Waals surface area contributed by atoms with E-state index in [9.17, 15) is 0 Å². The molecular weight excluding hydrogens is 284 g/mol. The van der Waals surface area contributed by atoms with Crippen molar-refractivity contribution in [3.05, 3.63) is 35.4 Å². The molecule has 0 aliphatic heterocycles. The fraction of sp³-hybridized carbons (Fsp3) is 0.647. The zero-order valence-corrected chi connectivity index (χ0v) is 13.3. The Hall–Kier alpha value is -0.300. The first-order valence-corrected chi connectivity index (χ1v) is 8.63. The molecule has 0 saturated heterocycles. The topological polar surface area (TPSA) is 0 Å². The average Bonchev–Trinajstić information content (AvgIpc) is 2.42. The second-order valence-corrected chi connectivity index (χ2v) is 5.83. The fourth-order valence-electron chi connectivity index (χ4n) is 2.44. The van der Waals surface area contributed by atoms with Gasteiger partial charge in [0.2, 0.25) is 0 Å². The summed E-state index contributed by atoms with van der Waals surface area (Å²) in [6.45, 7) is 2.25. The van der Waals surface area contributed by atoms with E-state index in [0.717, 1.165) is 0 Å². The third-order valence-electron chi connectivity index (χ3n) is 3.58. The first kappa shape index (κ1) is 15.8. The van der Waals surface area contributed by atoms with Crippen LogP contribution in [0.15, 0.2) is 24.3 Å². The number of hydrogen-bond acceptors (Lipinski definition) is 0. The highest BCUT2D eigenvalue weighted by Crippen LogP contribution is 2.14.